The third kappa shape index (κ3) is 4.86. The highest BCUT2D eigenvalue weighted by Crippen LogP contribution is 2.27. The molecule has 0 atom stereocenters. The van der Waals surface area contributed by atoms with E-state index in [1.807, 2.05) is 55.5 Å². The molecule has 0 saturated carbocycles. The van der Waals surface area contributed by atoms with Gasteiger partial charge in [0, 0.05) is 24.3 Å². The van der Waals surface area contributed by atoms with Crippen LogP contribution in [0.2, 0.25) is 0 Å². The topological polar surface area (TPSA) is 67.9 Å². The molecule has 1 amide bonds. The second-order valence-corrected chi connectivity index (χ2v) is 7.48. The monoisotopic (exact) mass is 418 g/mol. The Morgan fingerprint density at radius 3 is 2.55 bits per heavy atom. The van der Waals surface area contributed by atoms with E-state index >= 15 is 0 Å². The zero-order chi connectivity index (χ0) is 21.6. The number of benzene rings is 3. The van der Waals surface area contributed by atoms with Gasteiger partial charge in [-0.15, -0.1) is 0 Å². The largest absolute Gasteiger partial charge is 0.462 e. The molecule has 0 unspecified atom stereocenters. The third-order valence-corrected chi connectivity index (χ3v) is 5.28. The highest BCUT2D eigenvalue weighted by atomic mass is 16.5. The first-order valence-electron chi connectivity index (χ1n) is 10.6. The summed E-state index contributed by atoms with van der Waals surface area (Å²) in [6.07, 6.45) is 0.747. The lowest BCUT2D eigenvalue weighted by Gasteiger charge is -2.30. The SMILES string of the molecule is CCCOC(=O)c1cc(NC(=O)c2ccc3ccccc3c2)ccc1N1CCOCC1. The van der Waals surface area contributed by atoms with Crippen molar-refractivity contribution in [3.05, 3.63) is 71.8 Å². The van der Waals surface area contributed by atoms with E-state index in [-0.39, 0.29) is 11.9 Å². The molecule has 6 nitrogen and oxygen atoms in total. The molecule has 0 aromatic heterocycles. The van der Waals surface area contributed by atoms with Gasteiger partial charge in [0.15, 0.2) is 0 Å². The Balaban J connectivity index is 1.59. The van der Waals surface area contributed by atoms with Crippen molar-refractivity contribution in [2.75, 3.05) is 43.1 Å². The molecule has 1 N–H and O–H groups in total. The van der Waals surface area contributed by atoms with Crippen LogP contribution in [0.4, 0.5) is 11.4 Å². The second kappa shape index (κ2) is 9.62. The first-order valence-corrected chi connectivity index (χ1v) is 10.6. The van der Waals surface area contributed by atoms with Crippen molar-refractivity contribution in [2.45, 2.75) is 13.3 Å². The number of anilines is 2. The first-order chi connectivity index (χ1) is 15.2. The summed E-state index contributed by atoms with van der Waals surface area (Å²) < 4.78 is 10.8. The van der Waals surface area contributed by atoms with E-state index in [0.29, 0.717) is 49.7 Å². The molecule has 3 aromatic carbocycles. The van der Waals surface area contributed by atoms with Crippen molar-refractivity contribution < 1.29 is 19.1 Å². The van der Waals surface area contributed by atoms with Gasteiger partial charge in [0.25, 0.3) is 5.91 Å². The zero-order valence-electron chi connectivity index (χ0n) is 17.6. The van der Waals surface area contributed by atoms with E-state index in [2.05, 4.69) is 10.2 Å². The average molecular weight is 418 g/mol. The van der Waals surface area contributed by atoms with Gasteiger partial charge in [-0.2, -0.15) is 0 Å². The Morgan fingerprint density at radius 1 is 1.00 bits per heavy atom. The normalized spacial score (nSPS) is 13.8. The molecule has 0 radical (unpaired) electrons. The van der Waals surface area contributed by atoms with E-state index in [1.54, 1.807) is 12.1 Å². The standard InChI is InChI=1S/C25H26N2O4/c1-2-13-31-25(29)22-17-21(9-10-23(22)27-11-14-30-15-12-27)26-24(28)20-8-7-18-5-3-4-6-19(18)16-20/h3-10,16-17H,2,11-15H2,1H3,(H,26,28). The predicted molar refractivity (Wildman–Crippen MR) is 122 cm³/mol. The number of nitrogens with one attached hydrogen (secondary N) is 1. The number of morpholine rings is 1. The van der Waals surface area contributed by atoms with Crippen LogP contribution in [-0.2, 0) is 9.47 Å². The number of rotatable bonds is 6. The van der Waals surface area contributed by atoms with Gasteiger partial charge in [0.2, 0.25) is 0 Å². The van der Waals surface area contributed by atoms with Crippen LogP contribution < -0.4 is 10.2 Å². The Hall–Kier alpha value is -3.38. The summed E-state index contributed by atoms with van der Waals surface area (Å²) in [5, 5.41) is 4.99. The van der Waals surface area contributed by atoms with Crippen LogP contribution in [0.5, 0.6) is 0 Å². The number of fused-ring (bicyclic) bond motifs is 1. The van der Waals surface area contributed by atoms with Crippen LogP contribution in [0.25, 0.3) is 10.8 Å². The summed E-state index contributed by atoms with van der Waals surface area (Å²) in [6.45, 7) is 4.95. The lowest BCUT2D eigenvalue weighted by Crippen LogP contribution is -2.37. The van der Waals surface area contributed by atoms with Crippen LogP contribution >= 0.6 is 0 Å². The number of nitrogens with zero attached hydrogens (tertiary/aromatic N) is 1. The van der Waals surface area contributed by atoms with Crippen LogP contribution in [0, 0.1) is 0 Å². The van der Waals surface area contributed by atoms with Gasteiger partial charge >= 0.3 is 5.97 Å². The number of ether oxygens (including phenoxy) is 2. The Kier molecular flexibility index (Phi) is 6.48. The molecule has 1 aliphatic heterocycles. The van der Waals surface area contributed by atoms with Crippen LogP contribution in [0.3, 0.4) is 0 Å². The van der Waals surface area contributed by atoms with Crippen molar-refractivity contribution in [1.82, 2.24) is 0 Å². The molecule has 6 heteroatoms. The number of hydrogen-bond donors (Lipinski definition) is 1. The molecule has 1 aliphatic rings. The molecule has 4 rings (SSSR count). The smallest absolute Gasteiger partial charge is 0.340 e. The Bertz CT molecular complexity index is 1090. The van der Waals surface area contributed by atoms with Crippen LogP contribution in [0.1, 0.15) is 34.1 Å². The van der Waals surface area contributed by atoms with Crippen molar-refractivity contribution in [3.8, 4) is 0 Å². The Labute approximate surface area is 181 Å². The van der Waals surface area contributed by atoms with Gasteiger partial charge in [0.1, 0.15) is 0 Å². The number of carbonyl (C=O) groups is 2. The van der Waals surface area contributed by atoms with Crippen molar-refractivity contribution in [2.24, 2.45) is 0 Å². The number of amides is 1. The summed E-state index contributed by atoms with van der Waals surface area (Å²) in [6, 6.07) is 18.9. The van der Waals surface area contributed by atoms with Crippen molar-refractivity contribution >= 4 is 34.0 Å². The first kappa shape index (κ1) is 20.9. The highest BCUT2D eigenvalue weighted by molar-refractivity contribution is 6.07. The maximum absolute atomic E-state index is 12.8. The molecule has 0 aliphatic carbocycles. The van der Waals surface area contributed by atoms with E-state index in [0.717, 1.165) is 22.9 Å². The lowest BCUT2D eigenvalue weighted by molar-refractivity contribution is 0.0504. The highest BCUT2D eigenvalue weighted by Gasteiger charge is 2.21. The van der Waals surface area contributed by atoms with Gasteiger partial charge < -0.3 is 19.7 Å². The number of esters is 1. The van der Waals surface area contributed by atoms with Gasteiger partial charge in [-0.1, -0.05) is 37.3 Å². The van der Waals surface area contributed by atoms with Gasteiger partial charge in [0.05, 0.1) is 31.1 Å². The maximum atomic E-state index is 12.8. The van der Waals surface area contributed by atoms with Gasteiger partial charge in [-0.3, -0.25) is 4.79 Å². The summed E-state index contributed by atoms with van der Waals surface area (Å²) in [5.74, 6) is -0.608. The minimum atomic E-state index is -0.384. The molecule has 31 heavy (non-hydrogen) atoms. The fourth-order valence-corrected chi connectivity index (χ4v) is 3.66. The minimum Gasteiger partial charge on any atom is -0.462 e. The van der Waals surface area contributed by atoms with E-state index in [1.165, 1.54) is 0 Å². The molecule has 1 fully saturated rings. The Morgan fingerprint density at radius 2 is 1.77 bits per heavy atom. The molecule has 0 bridgehead atoms. The van der Waals surface area contributed by atoms with E-state index < -0.39 is 0 Å². The van der Waals surface area contributed by atoms with E-state index in [4.69, 9.17) is 9.47 Å². The average Bonchev–Trinajstić information content (AvgIpc) is 2.82. The number of carbonyl (C=O) groups excluding carboxylic acids is 2. The fraction of sp³-hybridized carbons (Fsp3) is 0.280. The lowest BCUT2D eigenvalue weighted by atomic mass is 10.1. The summed E-state index contributed by atoms with van der Waals surface area (Å²) in [7, 11) is 0. The maximum Gasteiger partial charge on any atom is 0.340 e. The predicted octanol–water partition coefficient (Wildman–Crippen LogP) is 4.50. The van der Waals surface area contributed by atoms with Crippen LogP contribution in [-0.4, -0.2) is 44.8 Å². The van der Waals surface area contributed by atoms with E-state index in [9.17, 15) is 9.59 Å². The number of hydrogen-bond acceptors (Lipinski definition) is 5. The molecular weight excluding hydrogens is 392 g/mol. The molecule has 3 aromatic rings. The second-order valence-electron chi connectivity index (χ2n) is 7.48. The molecular formula is C25H26N2O4. The molecule has 1 saturated heterocycles. The quantitative estimate of drug-likeness (QED) is 0.597. The van der Waals surface area contributed by atoms with Crippen molar-refractivity contribution in [3.63, 3.8) is 0 Å². The molecule has 160 valence electrons. The fourth-order valence-electron chi connectivity index (χ4n) is 3.66. The third-order valence-electron chi connectivity index (χ3n) is 5.28. The summed E-state index contributed by atoms with van der Waals surface area (Å²) in [4.78, 5) is 27.7. The summed E-state index contributed by atoms with van der Waals surface area (Å²) in [5.41, 5.74) is 2.37. The summed E-state index contributed by atoms with van der Waals surface area (Å²) >= 11 is 0. The molecule has 1 heterocycles. The van der Waals surface area contributed by atoms with Gasteiger partial charge in [-0.05, 0) is 47.5 Å². The zero-order valence-corrected chi connectivity index (χ0v) is 17.6. The minimum absolute atomic E-state index is 0.224. The molecule has 0 spiro atoms. The van der Waals surface area contributed by atoms with Crippen LogP contribution in [0.15, 0.2) is 60.7 Å². The van der Waals surface area contributed by atoms with Gasteiger partial charge in [-0.25, -0.2) is 4.79 Å². The van der Waals surface area contributed by atoms with Crippen molar-refractivity contribution in [1.29, 1.82) is 0 Å².